The fourth-order valence-corrected chi connectivity index (χ4v) is 2.41. The number of urea groups is 1. The number of carboxylic acid groups (broad SMARTS) is 1. The van der Waals surface area contributed by atoms with Crippen molar-refractivity contribution >= 4 is 12.0 Å². The number of aliphatic hydroxyl groups excluding tert-OH is 1. The van der Waals surface area contributed by atoms with Crippen molar-refractivity contribution in [2.75, 3.05) is 26.2 Å². The van der Waals surface area contributed by atoms with E-state index in [-0.39, 0.29) is 24.1 Å². The van der Waals surface area contributed by atoms with Gasteiger partial charge < -0.3 is 20.4 Å². The number of aliphatic hydroxyl groups is 1. The lowest BCUT2D eigenvalue weighted by Gasteiger charge is -2.17. The van der Waals surface area contributed by atoms with Crippen molar-refractivity contribution in [3.05, 3.63) is 35.4 Å². The predicted octanol–water partition coefficient (Wildman–Crippen LogP) is 0.951. The Kier molecular flexibility index (Phi) is 5.16. The maximum Gasteiger partial charge on any atom is 0.335 e. The van der Waals surface area contributed by atoms with E-state index < -0.39 is 5.97 Å². The molecule has 1 aromatic rings. The molecular formula is C15H20N2O4. The fraction of sp³-hybridized carbons (Fsp3) is 0.467. The molecule has 1 aliphatic heterocycles. The third-order valence-electron chi connectivity index (χ3n) is 3.72. The molecule has 0 aliphatic carbocycles. The Morgan fingerprint density at radius 1 is 1.29 bits per heavy atom. The molecule has 1 atom stereocenters. The summed E-state index contributed by atoms with van der Waals surface area (Å²) in [6, 6.07) is 6.53. The van der Waals surface area contributed by atoms with E-state index in [1.165, 1.54) is 0 Å². The van der Waals surface area contributed by atoms with Crippen LogP contribution >= 0.6 is 0 Å². The number of carbonyl (C=O) groups is 2. The Morgan fingerprint density at radius 3 is 2.57 bits per heavy atom. The van der Waals surface area contributed by atoms with E-state index >= 15 is 0 Å². The smallest absolute Gasteiger partial charge is 0.335 e. The number of carboxylic acids is 1. The lowest BCUT2D eigenvalue weighted by atomic mass is 10.1. The number of nitrogens with one attached hydrogen (secondary N) is 1. The molecule has 1 fully saturated rings. The average Bonchev–Trinajstić information content (AvgIpc) is 2.96. The number of aromatic carboxylic acids is 1. The largest absolute Gasteiger partial charge is 0.478 e. The summed E-state index contributed by atoms with van der Waals surface area (Å²) in [6.45, 7) is 1.92. The van der Waals surface area contributed by atoms with Crippen LogP contribution in [0.1, 0.15) is 22.3 Å². The number of likely N-dealkylation sites (tertiary alicyclic amines) is 1. The molecule has 1 unspecified atom stereocenters. The summed E-state index contributed by atoms with van der Waals surface area (Å²) in [5.41, 5.74) is 1.24. The van der Waals surface area contributed by atoms with Crippen LogP contribution in [0, 0.1) is 5.92 Å². The number of rotatable bonds is 5. The molecule has 6 nitrogen and oxygen atoms in total. The molecule has 2 rings (SSSR count). The Labute approximate surface area is 123 Å². The summed E-state index contributed by atoms with van der Waals surface area (Å²) < 4.78 is 0. The van der Waals surface area contributed by atoms with Gasteiger partial charge in [0, 0.05) is 32.2 Å². The van der Waals surface area contributed by atoms with Crippen molar-refractivity contribution in [1.82, 2.24) is 10.2 Å². The van der Waals surface area contributed by atoms with Gasteiger partial charge in [-0.3, -0.25) is 0 Å². The quantitative estimate of drug-likeness (QED) is 0.753. The molecule has 21 heavy (non-hydrogen) atoms. The molecule has 3 N–H and O–H groups in total. The van der Waals surface area contributed by atoms with Gasteiger partial charge in [-0.2, -0.15) is 0 Å². The molecule has 1 heterocycles. The molecule has 0 saturated carbocycles. The summed E-state index contributed by atoms with van der Waals surface area (Å²) in [5, 5.41) is 20.7. The van der Waals surface area contributed by atoms with Gasteiger partial charge in [0.15, 0.2) is 0 Å². The Balaban J connectivity index is 1.74. The minimum Gasteiger partial charge on any atom is -0.478 e. The van der Waals surface area contributed by atoms with Crippen molar-refractivity contribution in [1.29, 1.82) is 0 Å². The van der Waals surface area contributed by atoms with Crippen LogP contribution in [0.5, 0.6) is 0 Å². The molecule has 114 valence electrons. The van der Waals surface area contributed by atoms with E-state index in [9.17, 15) is 9.59 Å². The van der Waals surface area contributed by atoms with E-state index in [0.29, 0.717) is 26.1 Å². The zero-order valence-corrected chi connectivity index (χ0v) is 11.8. The second-order valence-electron chi connectivity index (χ2n) is 5.27. The summed E-state index contributed by atoms with van der Waals surface area (Å²) in [7, 11) is 0. The minimum atomic E-state index is -0.942. The van der Waals surface area contributed by atoms with Crippen LogP contribution in [-0.4, -0.2) is 53.4 Å². The number of hydrogen-bond donors (Lipinski definition) is 3. The summed E-state index contributed by atoms with van der Waals surface area (Å²) in [6.07, 6.45) is 1.50. The maximum absolute atomic E-state index is 11.9. The maximum atomic E-state index is 11.9. The van der Waals surface area contributed by atoms with Gasteiger partial charge in [-0.05, 0) is 30.5 Å². The molecule has 1 aromatic carbocycles. The van der Waals surface area contributed by atoms with Gasteiger partial charge in [0.25, 0.3) is 0 Å². The summed E-state index contributed by atoms with van der Waals surface area (Å²) in [5.74, 6) is -0.748. The fourth-order valence-electron chi connectivity index (χ4n) is 2.41. The monoisotopic (exact) mass is 292 g/mol. The Hall–Kier alpha value is -2.08. The van der Waals surface area contributed by atoms with Crippen LogP contribution in [0.25, 0.3) is 0 Å². The van der Waals surface area contributed by atoms with E-state index in [4.69, 9.17) is 10.2 Å². The van der Waals surface area contributed by atoms with Crippen molar-refractivity contribution < 1.29 is 19.8 Å². The predicted molar refractivity (Wildman–Crippen MR) is 77.3 cm³/mol. The second kappa shape index (κ2) is 7.08. The first-order chi connectivity index (χ1) is 10.1. The SMILES string of the molecule is O=C(O)c1ccc(CCNC(=O)N2CCC(CO)C2)cc1. The van der Waals surface area contributed by atoms with Crippen LogP contribution < -0.4 is 5.32 Å². The molecule has 2 amide bonds. The van der Waals surface area contributed by atoms with Gasteiger partial charge in [0.05, 0.1) is 5.56 Å². The highest BCUT2D eigenvalue weighted by Crippen LogP contribution is 2.15. The number of amides is 2. The molecule has 1 saturated heterocycles. The highest BCUT2D eigenvalue weighted by atomic mass is 16.4. The first-order valence-electron chi connectivity index (χ1n) is 7.06. The summed E-state index contributed by atoms with van der Waals surface area (Å²) in [4.78, 5) is 24.3. The van der Waals surface area contributed by atoms with Crippen molar-refractivity contribution in [2.24, 2.45) is 5.92 Å². The van der Waals surface area contributed by atoms with Gasteiger partial charge in [0.2, 0.25) is 0 Å². The third kappa shape index (κ3) is 4.19. The van der Waals surface area contributed by atoms with Gasteiger partial charge >= 0.3 is 12.0 Å². The molecular weight excluding hydrogens is 272 g/mol. The molecule has 0 spiro atoms. The summed E-state index contributed by atoms with van der Waals surface area (Å²) >= 11 is 0. The number of carbonyl (C=O) groups excluding carboxylic acids is 1. The van der Waals surface area contributed by atoms with E-state index in [1.54, 1.807) is 29.2 Å². The minimum absolute atomic E-state index is 0.104. The average molecular weight is 292 g/mol. The number of hydrogen-bond acceptors (Lipinski definition) is 3. The Morgan fingerprint density at radius 2 is 2.00 bits per heavy atom. The molecule has 6 heteroatoms. The first kappa shape index (κ1) is 15.3. The zero-order valence-electron chi connectivity index (χ0n) is 11.8. The van der Waals surface area contributed by atoms with Crippen LogP contribution in [-0.2, 0) is 6.42 Å². The van der Waals surface area contributed by atoms with Crippen molar-refractivity contribution in [3.8, 4) is 0 Å². The third-order valence-corrected chi connectivity index (χ3v) is 3.72. The van der Waals surface area contributed by atoms with Crippen molar-refractivity contribution in [3.63, 3.8) is 0 Å². The van der Waals surface area contributed by atoms with Crippen molar-refractivity contribution in [2.45, 2.75) is 12.8 Å². The lowest BCUT2D eigenvalue weighted by Crippen LogP contribution is -2.39. The van der Waals surface area contributed by atoms with Crippen LogP contribution in [0.4, 0.5) is 4.79 Å². The molecule has 0 aromatic heterocycles. The van der Waals surface area contributed by atoms with Crippen LogP contribution in [0.3, 0.4) is 0 Å². The van der Waals surface area contributed by atoms with Gasteiger partial charge in [-0.25, -0.2) is 9.59 Å². The second-order valence-corrected chi connectivity index (χ2v) is 5.27. The van der Waals surface area contributed by atoms with Crippen LogP contribution in [0.15, 0.2) is 24.3 Å². The standard InChI is InChI=1S/C15H20N2O4/c18-10-12-6-8-17(9-12)15(21)16-7-5-11-1-3-13(4-2-11)14(19)20/h1-4,12,18H,5-10H2,(H,16,21)(H,19,20). The first-order valence-corrected chi connectivity index (χ1v) is 7.06. The van der Waals surface area contributed by atoms with Crippen LogP contribution in [0.2, 0.25) is 0 Å². The normalized spacial score (nSPS) is 17.8. The van der Waals surface area contributed by atoms with Gasteiger partial charge in [0.1, 0.15) is 0 Å². The number of benzene rings is 1. The highest BCUT2D eigenvalue weighted by molar-refractivity contribution is 5.87. The Bertz CT molecular complexity index is 501. The lowest BCUT2D eigenvalue weighted by molar-refractivity contribution is 0.0697. The molecule has 0 radical (unpaired) electrons. The van der Waals surface area contributed by atoms with Gasteiger partial charge in [-0.15, -0.1) is 0 Å². The highest BCUT2D eigenvalue weighted by Gasteiger charge is 2.25. The van der Waals surface area contributed by atoms with E-state index in [2.05, 4.69) is 5.32 Å². The topological polar surface area (TPSA) is 89.9 Å². The van der Waals surface area contributed by atoms with E-state index in [1.807, 2.05) is 0 Å². The molecule has 0 bridgehead atoms. The van der Waals surface area contributed by atoms with E-state index in [0.717, 1.165) is 12.0 Å². The van der Waals surface area contributed by atoms with Gasteiger partial charge in [-0.1, -0.05) is 12.1 Å². The zero-order chi connectivity index (χ0) is 15.2. The number of nitrogens with zero attached hydrogens (tertiary/aromatic N) is 1. The molecule has 1 aliphatic rings.